The van der Waals surface area contributed by atoms with E-state index in [0.29, 0.717) is 0 Å². The summed E-state index contributed by atoms with van der Waals surface area (Å²) in [5.41, 5.74) is 9.84. The molecule has 0 unspecified atom stereocenters. The van der Waals surface area contributed by atoms with Crippen molar-refractivity contribution >= 4 is 54.5 Å². The maximum atomic E-state index is 5.07. The summed E-state index contributed by atoms with van der Waals surface area (Å²) in [5, 5.41) is 6.95. The number of fused-ring (bicyclic) bond motifs is 7. The summed E-state index contributed by atoms with van der Waals surface area (Å²) >= 11 is 0. The molecule has 3 aromatic heterocycles. The van der Waals surface area contributed by atoms with Crippen LogP contribution in [0.2, 0.25) is 0 Å². The third-order valence-electron chi connectivity index (χ3n) is 8.52. The van der Waals surface area contributed by atoms with Gasteiger partial charge >= 0.3 is 0 Å². The highest BCUT2D eigenvalue weighted by Crippen LogP contribution is 2.38. The Morgan fingerprint density at radius 3 is 2.07 bits per heavy atom. The van der Waals surface area contributed by atoms with Crippen molar-refractivity contribution in [1.82, 2.24) is 14.5 Å². The average molecular weight is 546 g/mol. The maximum Gasteiger partial charge on any atom is 0.145 e. The van der Waals surface area contributed by atoms with Gasteiger partial charge in [0.2, 0.25) is 0 Å². The first-order chi connectivity index (χ1) is 21.3. The van der Waals surface area contributed by atoms with Crippen LogP contribution in [0, 0.1) is 12.1 Å². The first kappa shape index (κ1) is 23.7. The highest BCUT2D eigenvalue weighted by molar-refractivity contribution is 6.16. The van der Waals surface area contributed by atoms with Gasteiger partial charge in [0.1, 0.15) is 5.65 Å². The highest BCUT2D eigenvalue weighted by atomic mass is 15.0. The number of benzene rings is 5. The molecule has 0 atom stereocenters. The van der Waals surface area contributed by atoms with Crippen molar-refractivity contribution < 1.29 is 0 Å². The normalized spacial score (nSPS) is 11.5. The van der Waals surface area contributed by atoms with Gasteiger partial charge < -0.3 is 0 Å². The van der Waals surface area contributed by atoms with Gasteiger partial charge in [-0.1, -0.05) is 103 Å². The predicted molar refractivity (Wildman–Crippen MR) is 177 cm³/mol. The zero-order chi connectivity index (χ0) is 28.3. The molecule has 0 amide bonds. The van der Waals surface area contributed by atoms with Gasteiger partial charge in [-0.15, -0.1) is 0 Å². The SMILES string of the molecule is c1cc2nc3c(ccc4ccccc43)c(-c3ccc(-c4ccc(-n5c6ccccc6c6cccnc65)cc4)cc3)c2cc#1. The number of aromatic nitrogens is 3. The standard InChI is InChI=1S/C40H23N3/c1-2-9-31-28(8-1)21-24-35-38(34-11-3-5-13-36(34)42-39(31)35)29-17-15-26(16-18-29)27-19-22-30(23-20-27)43-37-14-6-4-10-32(37)33-12-7-25-41-40(33)43/h1-2,4,6-25H. The van der Waals surface area contributed by atoms with Gasteiger partial charge in [-0.05, 0) is 58.5 Å². The van der Waals surface area contributed by atoms with Crippen LogP contribution in [-0.4, -0.2) is 14.5 Å². The molecule has 3 heterocycles. The molecule has 3 heteroatoms. The molecule has 9 rings (SSSR count). The first-order valence-corrected chi connectivity index (χ1v) is 14.4. The second-order valence-electron chi connectivity index (χ2n) is 10.9. The van der Waals surface area contributed by atoms with Crippen molar-refractivity contribution in [3.05, 3.63) is 152 Å². The summed E-state index contributed by atoms with van der Waals surface area (Å²) in [6, 6.07) is 53.3. The zero-order valence-corrected chi connectivity index (χ0v) is 23.1. The van der Waals surface area contributed by atoms with Crippen LogP contribution in [0.5, 0.6) is 0 Å². The largest absolute Gasteiger partial charge is 0.294 e. The Hall–Kier alpha value is -5.98. The van der Waals surface area contributed by atoms with E-state index in [2.05, 4.69) is 132 Å². The molecule has 0 spiro atoms. The molecule has 198 valence electrons. The van der Waals surface area contributed by atoms with Crippen molar-refractivity contribution in [2.24, 2.45) is 0 Å². The van der Waals surface area contributed by atoms with Crippen LogP contribution in [0.15, 0.2) is 140 Å². The van der Waals surface area contributed by atoms with E-state index in [-0.39, 0.29) is 0 Å². The molecule has 3 nitrogen and oxygen atoms in total. The third-order valence-corrected chi connectivity index (χ3v) is 8.52. The van der Waals surface area contributed by atoms with Crippen LogP contribution in [0.4, 0.5) is 0 Å². The second-order valence-corrected chi connectivity index (χ2v) is 10.9. The second kappa shape index (κ2) is 9.27. The molecule has 6 aromatic carbocycles. The molecule has 0 radical (unpaired) electrons. The Bertz CT molecular complexity index is 2430. The highest BCUT2D eigenvalue weighted by Gasteiger charge is 2.15. The topological polar surface area (TPSA) is 30.7 Å². The maximum absolute atomic E-state index is 5.07. The van der Waals surface area contributed by atoms with E-state index in [1.807, 2.05) is 24.4 Å². The molecule has 0 saturated carbocycles. The van der Waals surface area contributed by atoms with Crippen LogP contribution in [0.1, 0.15) is 0 Å². The minimum atomic E-state index is 0.928. The lowest BCUT2D eigenvalue weighted by Gasteiger charge is -2.13. The molecule has 9 aromatic rings. The van der Waals surface area contributed by atoms with Crippen molar-refractivity contribution in [3.63, 3.8) is 0 Å². The number of hydrogen-bond donors (Lipinski definition) is 0. The number of rotatable bonds is 3. The Kier molecular flexibility index (Phi) is 5.11. The molecule has 0 aliphatic carbocycles. The van der Waals surface area contributed by atoms with Crippen molar-refractivity contribution in [2.75, 3.05) is 0 Å². The van der Waals surface area contributed by atoms with E-state index in [1.54, 1.807) is 0 Å². The fourth-order valence-corrected chi connectivity index (χ4v) is 6.51. The summed E-state index contributed by atoms with van der Waals surface area (Å²) in [4.78, 5) is 9.79. The summed E-state index contributed by atoms with van der Waals surface area (Å²) in [7, 11) is 0. The quantitative estimate of drug-likeness (QED) is 0.207. The van der Waals surface area contributed by atoms with Crippen LogP contribution >= 0.6 is 0 Å². The molecular weight excluding hydrogens is 522 g/mol. The fraction of sp³-hybridized carbons (Fsp3) is 0. The van der Waals surface area contributed by atoms with E-state index in [1.165, 1.54) is 27.5 Å². The Labute approximate surface area is 248 Å². The van der Waals surface area contributed by atoms with Gasteiger partial charge in [0.25, 0.3) is 0 Å². The zero-order valence-electron chi connectivity index (χ0n) is 23.1. The number of pyridine rings is 2. The van der Waals surface area contributed by atoms with E-state index in [9.17, 15) is 0 Å². The van der Waals surface area contributed by atoms with Gasteiger partial charge in [0, 0.05) is 50.4 Å². The third kappa shape index (κ3) is 3.64. The minimum Gasteiger partial charge on any atom is -0.294 e. The van der Waals surface area contributed by atoms with E-state index in [4.69, 9.17) is 9.97 Å². The molecule has 0 aliphatic rings. The van der Waals surface area contributed by atoms with Crippen LogP contribution in [0.3, 0.4) is 0 Å². The monoisotopic (exact) mass is 545 g/mol. The lowest BCUT2D eigenvalue weighted by molar-refractivity contribution is 1.14. The van der Waals surface area contributed by atoms with Crippen molar-refractivity contribution in [1.29, 1.82) is 0 Å². The lowest BCUT2D eigenvalue weighted by atomic mass is 9.93. The van der Waals surface area contributed by atoms with Gasteiger partial charge in [-0.3, -0.25) is 4.57 Å². The molecule has 43 heavy (non-hydrogen) atoms. The minimum absolute atomic E-state index is 0.928. The van der Waals surface area contributed by atoms with E-state index < -0.39 is 0 Å². The lowest BCUT2D eigenvalue weighted by Crippen LogP contribution is -1.95. The van der Waals surface area contributed by atoms with E-state index >= 15 is 0 Å². The summed E-state index contributed by atoms with van der Waals surface area (Å²) in [5.74, 6) is 0. The first-order valence-electron chi connectivity index (χ1n) is 14.4. The Morgan fingerprint density at radius 1 is 0.512 bits per heavy atom. The number of hydrogen-bond acceptors (Lipinski definition) is 2. The molecule has 0 saturated heterocycles. The molecule has 0 fully saturated rings. The molecular formula is C40H23N3. The van der Waals surface area contributed by atoms with Gasteiger partial charge in [0.15, 0.2) is 0 Å². The van der Waals surface area contributed by atoms with Crippen LogP contribution < -0.4 is 0 Å². The smallest absolute Gasteiger partial charge is 0.145 e. The van der Waals surface area contributed by atoms with Crippen molar-refractivity contribution in [3.8, 4) is 27.9 Å². The predicted octanol–water partition coefficient (Wildman–Crippen LogP) is 9.97. The van der Waals surface area contributed by atoms with Gasteiger partial charge in [0.05, 0.1) is 16.6 Å². The van der Waals surface area contributed by atoms with Gasteiger partial charge in [-0.2, -0.15) is 0 Å². The van der Waals surface area contributed by atoms with Crippen LogP contribution in [0.25, 0.3) is 82.5 Å². The van der Waals surface area contributed by atoms with Crippen molar-refractivity contribution in [2.45, 2.75) is 0 Å². The summed E-state index contributed by atoms with van der Waals surface area (Å²) < 4.78 is 2.25. The molecule has 0 bridgehead atoms. The van der Waals surface area contributed by atoms with E-state index in [0.717, 1.165) is 55.0 Å². The Morgan fingerprint density at radius 2 is 1.21 bits per heavy atom. The summed E-state index contributed by atoms with van der Waals surface area (Å²) in [6.45, 7) is 0. The molecule has 0 aliphatic heterocycles. The Balaban J connectivity index is 1.14. The fourth-order valence-electron chi connectivity index (χ4n) is 6.51. The molecule has 0 N–H and O–H groups in total. The number of para-hydroxylation sites is 1. The number of nitrogens with zero attached hydrogens (tertiary/aromatic N) is 3. The average Bonchev–Trinajstić information content (AvgIpc) is 3.42. The van der Waals surface area contributed by atoms with Crippen LogP contribution in [-0.2, 0) is 0 Å². The summed E-state index contributed by atoms with van der Waals surface area (Å²) in [6.07, 6.45) is 1.86. The van der Waals surface area contributed by atoms with Gasteiger partial charge in [-0.25, -0.2) is 9.97 Å².